The van der Waals surface area contributed by atoms with Crippen LogP contribution in [0.15, 0.2) is 0 Å². The molecule has 1 aliphatic carbocycles. The van der Waals surface area contributed by atoms with Crippen LogP contribution in [0.1, 0.15) is 58.8 Å². The van der Waals surface area contributed by atoms with Crippen LogP contribution in [0.5, 0.6) is 0 Å². The molecule has 0 unspecified atom stereocenters. The van der Waals surface area contributed by atoms with E-state index in [2.05, 4.69) is 30.7 Å². The van der Waals surface area contributed by atoms with Crippen LogP contribution in [0.25, 0.3) is 0 Å². The number of nitrogens with zero attached hydrogens (tertiary/aromatic N) is 2. The van der Waals surface area contributed by atoms with Gasteiger partial charge in [-0.05, 0) is 51.7 Å². The van der Waals surface area contributed by atoms with E-state index in [4.69, 9.17) is 0 Å². The molecule has 1 aliphatic heterocycles. The molecule has 2 nitrogen and oxygen atoms in total. The highest BCUT2D eigenvalue weighted by molar-refractivity contribution is 4.83. The molecule has 2 fully saturated rings. The minimum absolute atomic E-state index is 0.817. The first-order chi connectivity index (χ1) is 8.66. The molecule has 0 atom stereocenters. The summed E-state index contributed by atoms with van der Waals surface area (Å²) in [5, 5.41) is 0. The third-order valence-corrected chi connectivity index (χ3v) is 4.91. The Labute approximate surface area is 114 Å². The van der Waals surface area contributed by atoms with Gasteiger partial charge in [0.2, 0.25) is 0 Å². The SMILES string of the molecule is CC(C)CN1CCC(N(C)C2CCCCC2)CC1. The lowest BCUT2D eigenvalue weighted by atomic mass is 9.92. The molecule has 2 aliphatic rings. The Kier molecular flexibility index (Phi) is 5.50. The van der Waals surface area contributed by atoms with Crippen LogP contribution in [0, 0.1) is 5.92 Å². The van der Waals surface area contributed by atoms with Crippen molar-refractivity contribution >= 4 is 0 Å². The van der Waals surface area contributed by atoms with E-state index < -0.39 is 0 Å². The topological polar surface area (TPSA) is 6.48 Å². The van der Waals surface area contributed by atoms with E-state index in [1.165, 1.54) is 64.6 Å². The molecular weight excluding hydrogens is 220 g/mol. The maximum Gasteiger partial charge on any atom is 0.0119 e. The molecular formula is C16H32N2. The van der Waals surface area contributed by atoms with Gasteiger partial charge in [-0.25, -0.2) is 0 Å². The molecule has 0 aromatic rings. The van der Waals surface area contributed by atoms with Gasteiger partial charge in [0.05, 0.1) is 0 Å². The van der Waals surface area contributed by atoms with Gasteiger partial charge < -0.3 is 9.80 Å². The fourth-order valence-corrected chi connectivity index (χ4v) is 3.81. The van der Waals surface area contributed by atoms with Crippen molar-refractivity contribution in [2.75, 3.05) is 26.7 Å². The standard InChI is InChI=1S/C16H32N2/c1-14(2)13-18-11-9-16(10-12-18)17(3)15-7-5-4-6-8-15/h14-16H,4-13H2,1-3H3. The van der Waals surface area contributed by atoms with Crippen LogP contribution in [-0.4, -0.2) is 48.6 Å². The van der Waals surface area contributed by atoms with Crippen molar-refractivity contribution in [3.8, 4) is 0 Å². The molecule has 0 radical (unpaired) electrons. The largest absolute Gasteiger partial charge is 0.303 e. The van der Waals surface area contributed by atoms with Crippen molar-refractivity contribution in [1.82, 2.24) is 9.80 Å². The summed E-state index contributed by atoms with van der Waals surface area (Å²) in [5.74, 6) is 0.817. The summed E-state index contributed by atoms with van der Waals surface area (Å²) in [4.78, 5) is 5.39. The second-order valence-electron chi connectivity index (χ2n) is 6.88. The molecule has 18 heavy (non-hydrogen) atoms. The molecule has 0 N–H and O–H groups in total. The molecule has 2 heteroatoms. The van der Waals surface area contributed by atoms with Crippen LogP contribution in [0.2, 0.25) is 0 Å². The summed E-state index contributed by atoms with van der Waals surface area (Å²) in [7, 11) is 2.39. The highest BCUT2D eigenvalue weighted by Gasteiger charge is 2.27. The second kappa shape index (κ2) is 6.91. The van der Waals surface area contributed by atoms with Gasteiger partial charge in [-0.2, -0.15) is 0 Å². The lowest BCUT2D eigenvalue weighted by Gasteiger charge is -2.42. The van der Waals surface area contributed by atoms with Crippen molar-refractivity contribution in [2.45, 2.75) is 70.9 Å². The molecule has 0 amide bonds. The van der Waals surface area contributed by atoms with Gasteiger partial charge in [0.15, 0.2) is 0 Å². The Morgan fingerprint density at radius 3 is 2.06 bits per heavy atom. The summed E-state index contributed by atoms with van der Waals surface area (Å²) in [6.45, 7) is 8.60. The average Bonchev–Trinajstić information content (AvgIpc) is 2.39. The van der Waals surface area contributed by atoms with E-state index in [1.807, 2.05) is 0 Å². The van der Waals surface area contributed by atoms with Gasteiger partial charge >= 0.3 is 0 Å². The Bertz CT molecular complexity index is 225. The van der Waals surface area contributed by atoms with Crippen LogP contribution in [-0.2, 0) is 0 Å². The lowest BCUT2D eigenvalue weighted by molar-refractivity contribution is 0.0761. The zero-order valence-electron chi connectivity index (χ0n) is 12.7. The van der Waals surface area contributed by atoms with E-state index in [0.717, 1.165) is 18.0 Å². The quantitative estimate of drug-likeness (QED) is 0.757. The molecule has 106 valence electrons. The molecule has 0 bridgehead atoms. The monoisotopic (exact) mass is 252 g/mol. The van der Waals surface area contributed by atoms with Gasteiger partial charge in [-0.3, -0.25) is 0 Å². The number of hydrogen-bond donors (Lipinski definition) is 0. The highest BCUT2D eigenvalue weighted by Crippen LogP contribution is 2.26. The zero-order valence-corrected chi connectivity index (χ0v) is 12.7. The first kappa shape index (κ1) is 14.3. The highest BCUT2D eigenvalue weighted by atomic mass is 15.2. The Morgan fingerprint density at radius 2 is 1.50 bits per heavy atom. The Hall–Kier alpha value is -0.0800. The Morgan fingerprint density at radius 1 is 0.944 bits per heavy atom. The number of piperidine rings is 1. The van der Waals surface area contributed by atoms with Gasteiger partial charge in [-0.15, -0.1) is 0 Å². The van der Waals surface area contributed by atoms with Gasteiger partial charge in [0.25, 0.3) is 0 Å². The first-order valence-electron chi connectivity index (χ1n) is 8.11. The van der Waals surface area contributed by atoms with Crippen LogP contribution in [0.4, 0.5) is 0 Å². The minimum Gasteiger partial charge on any atom is -0.303 e. The molecule has 1 heterocycles. The predicted octanol–water partition coefficient (Wildman–Crippen LogP) is 3.37. The fraction of sp³-hybridized carbons (Fsp3) is 1.00. The fourth-order valence-electron chi connectivity index (χ4n) is 3.81. The van der Waals surface area contributed by atoms with Crippen molar-refractivity contribution in [3.63, 3.8) is 0 Å². The summed E-state index contributed by atoms with van der Waals surface area (Å²) >= 11 is 0. The average molecular weight is 252 g/mol. The third-order valence-electron chi connectivity index (χ3n) is 4.91. The zero-order chi connectivity index (χ0) is 13.0. The van der Waals surface area contributed by atoms with Gasteiger partial charge in [0, 0.05) is 18.6 Å². The van der Waals surface area contributed by atoms with E-state index in [9.17, 15) is 0 Å². The summed E-state index contributed by atoms with van der Waals surface area (Å²) in [6.07, 6.45) is 10.1. The van der Waals surface area contributed by atoms with Crippen molar-refractivity contribution in [3.05, 3.63) is 0 Å². The third kappa shape index (κ3) is 3.96. The number of likely N-dealkylation sites (tertiary alicyclic amines) is 1. The maximum atomic E-state index is 2.73. The lowest BCUT2D eigenvalue weighted by Crippen LogP contribution is -2.48. The van der Waals surface area contributed by atoms with Gasteiger partial charge in [0.1, 0.15) is 0 Å². The summed E-state index contributed by atoms with van der Waals surface area (Å²) < 4.78 is 0. The van der Waals surface area contributed by atoms with Crippen LogP contribution in [0.3, 0.4) is 0 Å². The van der Waals surface area contributed by atoms with E-state index >= 15 is 0 Å². The normalized spacial score (nSPS) is 25.2. The molecule has 0 spiro atoms. The summed E-state index contributed by atoms with van der Waals surface area (Å²) in [5.41, 5.74) is 0. The van der Waals surface area contributed by atoms with Crippen LogP contribution >= 0.6 is 0 Å². The molecule has 1 saturated carbocycles. The van der Waals surface area contributed by atoms with Crippen molar-refractivity contribution in [1.29, 1.82) is 0 Å². The van der Waals surface area contributed by atoms with Crippen LogP contribution < -0.4 is 0 Å². The molecule has 0 aromatic carbocycles. The smallest absolute Gasteiger partial charge is 0.0119 e. The van der Waals surface area contributed by atoms with E-state index in [0.29, 0.717) is 0 Å². The molecule has 2 rings (SSSR count). The number of hydrogen-bond acceptors (Lipinski definition) is 2. The van der Waals surface area contributed by atoms with Gasteiger partial charge in [-0.1, -0.05) is 33.1 Å². The Balaban J connectivity index is 1.74. The number of rotatable bonds is 4. The van der Waals surface area contributed by atoms with E-state index in [1.54, 1.807) is 0 Å². The molecule has 1 saturated heterocycles. The maximum absolute atomic E-state index is 2.73. The van der Waals surface area contributed by atoms with Crippen molar-refractivity contribution < 1.29 is 0 Å². The minimum atomic E-state index is 0.817. The second-order valence-corrected chi connectivity index (χ2v) is 6.88. The van der Waals surface area contributed by atoms with Crippen molar-refractivity contribution in [2.24, 2.45) is 5.92 Å². The summed E-state index contributed by atoms with van der Waals surface area (Å²) in [6, 6.07) is 1.75. The van der Waals surface area contributed by atoms with E-state index in [-0.39, 0.29) is 0 Å². The molecule has 0 aromatic heterocycles. The first-order valence-corrected chi connectivity index (χ1v) is 8.11. The predicted molar refractivity (Wildman–Crippen MR) is 78.9 cm³/mol.